The summed E-state index contributed by atoms with van der Waals surface area (Å²) in [5.41, 5.74) is 1.88. The summed E-state index contributed by atoms with van der Waals surface area (Å²) in [7, 11) is -0.706. The van der Waals surface area contributed by atoms with Crippen LogP contribution in [0.4, 0.5) is 0 Å². The number of benzene rings is 1. The van der Waals surface area contributed by atoms with Gasteiger partial charge in [-0.2, -0.15) is 0 Å². The van der Waals surface area contributed by atoms with Crippen LogP contribution in [0.5, 0.6) is 0 Å². The van der Waals surface area contributed by atoms with Gasteiger partial charge in [0.05, 0.1) is 11.2 Å². The maximum absolute atomic E-state index is 10.3. The van der Waals surface area contributed by atoms with Crippen LogP contribution < -0.4 is 0 Å². The molecule has 1 heterocycles. The summed E-state index contributed by atoms with van der Waals surface area (Å²) in [6.07, 6.45) is 5.13. The third kappa shape index (κ3) is 4.09. The number of hydrogen-bond acceptors (Lipinski definition) is 4. The van der Waals surface area contributed by atoms with Gasteiger partial charge in [0, 0.05) is 12.6 Å². The molecule has 6 heteroatoms. The number of rotatable bonds is 5. The van der Waals surface area contributed by atoms with Crippen LogP contribution in [0.1, 0.15) is 52.5 Å². The summed E-state index contributed by atoms with van der Waals surface area (Å²) >= 11 is 0. The Morgan fingerprint density at radius 2 is 1.77 bits per heavy atom. The van der Waals surface area contributed by atoms with Crippen LogP contribution in [0.3, 0.4) is 0 Å². The second-order valence-electron chi connectivity index (χ2n) is 8.59. The smallest absolute Gasteiger partial charge is 0.437 e. The lowest BCUT2D eigenvalue weighted by molar-refractivity contribution is 0.00578. The van der Waals surface area contributed by atoms with Crippen LogP contribution in [0.2, 0.25) is 6.82 Å². The molecule has 0 saturated carbocycles. The van der Waals surface area contributed by atoms with Crippen molar-refractivity contribution in [1.29, 1.82) is 0 Å². The van der Waals surface area contributed by atoms with Gasteiger partial charge in [-0.25, -0.2) is 0 Å². The summed E-state index contributed by atoms with van der Waals surface area (Å²) in [5, 5.41) is 10.3. The van der Waals surface area contributed by atoms with Gasteiger partial charge in [0.15, 0.2) is 0 Å². The summed E-state index contributed by atoms with van der Waals surface area (Å²) < 4.78 is 12.4. The van der Waals surface area contributed by atoms with E-state index in [2.05, 4.69) is 50.7 Å². The van der Waals surface area contributed by atoms with E-state index in [0.717, 1.165) is 25.8 Å². The standard InChI is InChI=1S/C20H31B2NO3/c1-19(2)20(3,4)26-22(25-19)17-11-13-18(14-12-17)23(21(5)24)15-16-9-7-6-8-10-16/h6-11,18,24H,12-15H2,1-5H3. The van der Waals surface area contributed by atoms with E-state index in [4.69, 9.17) is 9.31 Å². The average molecular weight is 355 g/mol. The van der Waals surface area contributed by atoms with E-state index in [-0.39, 0.29) is 18.3 Å². The fraction of sp³-hybridized carbons (Fsp3) is 0.600. The number of allylic oxidation sites excluding steroid dienone is 1. The maximum Gasteiger partial charge on any atom is 0.490 e. The molecule has 4 nitrogen and oxygen atoms in total. The van der Waals surface area contributed by atoms with Gasteiger partial charge in [-0.15, -0.1) is 0 Å². The third-order valence-electron chi connectivity index (χ3n) is 6.13. The topological polar surface area (TPSA) is 41.9 Å². The maximum atomic E-state index is 10.3. The molecule has 0 aromatic heterocycles. The van der Waals surface area contributed by atoms with Gasteiger partial charge < -0.3 is 19.1 Å². The summed E-state index contributed by atoms with van der Waals surface area (Å²) in [5.74, 6) is 0. The van der Waals surface area contributed by atoms with Crippen molar-refractivity contribution in [2.45, 2.75) is 77.6 Å². The van der Waals surface area contributed by atoms with E-state index in [1.807, 2.05) is 25.0 Å². The average Bonchev–Trinajstić information content (AvgIpc) is 2.81. The lowest BCUT2D eigenvalue weighted by atomic mass is 9.70. The van der Waals surface area contributed by atoms with E-state index in [0.29, 0.717) is 6.04 Å². The quantitative estimate of drug-likeness (QED) is 0.818. The van der Waals surface area contributed by atoms with Crippen LogP contribution in [0, 0.1) is 0 Å². The fourth-order valence-electron chi connectivity index (χ4n) is 3.71. The molecule has 0 bridgehead atoms. The molecule has 3 rings (SSSR count). The normalized spacial score (nSPS) is 24.7. The Morgan fingerprint density at radius 1 is 1.15 bits per heavy atom. The van der Waals surface area contributed by atoms with Gasteiger partial charge in [-0.1, -0.05) is 36.4 Å². The Balaban J connectivity index is 1.66. The Bertz CT molecular complexity index is 630. The molecule has 140 valence electrons. The van der Waals surface area contributed by atoms with Gasteiger partial charge in [0.2, 0.25) is 0 Å². The van der Waals surface area contributed by atoms with E-state index in [9.17, 15) is 5.02 Å². The lowest BCUT2D eigenvalue weighted by Gasteiger charge is -2.35. The molecule has 1 saturated heterocycles. The first kappa shape index (κ1) is 19.7. The molecule has 2 aliphatic rings. The predicted octanol–water partition coefficient (Wildman–Crippen LogP) is 3.71. The Labute approximate surface area is 158 Å². The van der Waals surface area contributed by atoms with E-state index < -0.39 is 7.05 Å². The highest BCUT2D eigenvalue weighted by atomic mass is 16.7. The van der Waals surface area contributed by atoms with Crippen molar-refractivity contribution in [3.63, 3.8) is 0 Å². The summed E-state index contributed by atoms with van der Waals surface area (Å²) in [6.45, 7) is 11.0. The molecule has 1 fully saturated rings. The first-order chi connectivity index (χ1) is 12.2. The van der Waals surface area contributed by atoms with Crippen LogP contribution in [0.25, 0.3) is 0 Å². The van der Waals surface area contributed by atoms with Gasteiger partial charge >= 0.3 is 14.2 Å². The van der Waals surface area contributed by atoms with Crippen molar-refractivity contribution < 1.29 is 14.3 Å². The molecule has 0 spiro atoms. The van der Waals surface area contributed by atoms with Gasteiger partial charge in [-0.05, 0) is 64.8 Å². The minimum atomic E-state index is -0.466. The second kappa shape index (κ2) is 7.51. The van der Waals surface area contributed by atoms with Crippen molar-refractivity contribution in [1.82, 2.24) is 4.81 Å². The molecular formula is C20H31B2NO3. The zero-order valence-electron chi connectivity index (χ0n) is 16.7. The van der Waals surface area contributed by atoms with E-state index >= 15 is 0 Å². The Hall–Kier alpha value is -1.07. The fourth-order valence-corrected chi connectivity index (χ4v) is 3.71. The molecule has 0 radical (unpaired) electrons. The molecule has 1 aromatic rings. The molecule has 1 atom stereocenters. The third-order valence-corrected chi connectivity index (χ3v) is 6.13. The molecule has 1 N–H and O–H groups in total. The Morgan fingerprint density at radius 3 is 2.27 bits per heavy atom. The second-order valence-corrected chi connectivity index (χ2v) is 8.59. The monoisotopic (exact) mass is 355 g/mol. The van der Waals surface area contributed by atoms with Crippen LogP contribution in [0.15, 0.2) is 41.9 Å². The predicted molar refractivity (Wildman–Crippen MR) is 108 cm³/mol. The molecule has 1 aromatic carbocycles. The highest BCUT2D eigenvalue weighted by Gasteiger charge is 2.52. The minimum absolute atomic E-state index is 0.241. The highest BCUT2D eigenvalue weighted by molar-refractivity contribution is 6.54. The zero-order valence-corrected chi connectivity index (χ0v) is 16.7. The summed E-state index contributed by atoms with van der Waals surface area (Å²) in [4.78, 5) is 2.19. The molecule has 1 aliphatic heterocycles. The molecule has 1 unspecified atom stereocenters. The van der Waals surface area contributed by atoms with Crippen LogP contribution in [-0.4, -0.2) is 41.2 Å². The minimum Gasteiger partial charge on any atom is -0.437 e. The molecular weight excluding hydrogens is 324 g/mol. The van der Waals surface area contributed by atoms with Crippen molar-refractivity contribution >= 4 is 14.2 Å². The van der Waals surface area contributed by atoms with Gasteiger partial charge in [-0.3, -0.25) is 0 Å². The first-order valence-electron chi connectivity index (χ1n) is 9.72. The van der Waals surface area contributed by atoms with Gasteiger partial charge in [0.1, 0.15) is 0 Å². The Kier molecular flexibility index (Phi) is 5.69. The van der Waals surface area contributed by atoms with Crippen LogP contribution >= 0.6 is 0 Å². The van der Waals surface area contributed by atoms with Crippen molar-refractivity contribution in [2.75, 3.05) is 0 Å². The lowest BCUT2D eigenvalue weighted by Crippen LogP contribution is -2.45. The number of nitrogens with zero attached hydrogens (tertiary/aromatic N) is 1. The van der Waals surface area contributed by atoms with E-state index in [1.165, 1.54) is 11.0 Å². The largest absolute Gasteiger partial charge is 0.490 e. The number of hydrogen-bond donors (Lipinski definition) is 1. The molecule has 1 aliphatic carbocycles. The van der Waals surface area contributed by atoms with Gasteiger partial charge in [0.25, 0.3) is 0 Å². The zero-order chi connectivity index (χ0) is 18.9. The highest BCUT2D eigenvalue weighted by Crippen LogP contribution is 2.40. The van der Waals surface area contributed by atoms with E-state index in [1.54, 1.807) is 0 Å². The SMILES string of the molecule is CB(O)N(Cc1ccccc1)C1CC=C(B2OC(C)(C)C(C)(C)O2)CC1. The summed E-state index contributed by atoms with van der Waals surface area (Å²) in [6, 6.07) is 10.7. The van der Waals surface area contributed by atoms with Crippen molar-refractivity contribution in [2.24, 2.45) is 0 Å². The first-order valence-corrected chi connectivity index (χ1v) is 9.72. The van der Waals surface area contributed by atoms with Crippen molar-refractivity contribution in [3.05, 3.63) is 47.4 Å². The molecule has 0 amide bonds. The van der Waals surface area contributed by atoms with Crippen molar-refractivity contribution in [3.8, 4) is 0 Å². The molecule has 26 heavy (non-hydrogen) atoms. The van der Waals surface area contributed by atoms with Crippen LogP contribution in [-0.2, 0) is 15.9 Å².